The molecule has 9 heteroatoms. The van der Waals surface area contributed by atoms with Gasteiger partial charge in [-0.1, -0.05) is 93.9 Å². The Morgan fingerprint density at radius 2 is 2.12 bits per heavy atom. The normalized spacial score (nSPS) is 16.6. The molecule has 0 unspecified atom stereocenters. The second-order valence-electron chi connectivity index (χ2n) is 8.89. The molecule has 4 rings (SSSR count). The first-order valence-electron chi connectivity index (χ1n) is 11.3. The minimum Gasteiger partial charge on any atom is -0.371 e. The number of imidazole rings is 1. The van der Waals surface area contributed by atoms with Crippen LogP contribution < -0.4 is 4.90 Å². The number of piperidine rings is 1. The molecule has 3 aromatic heterocycles. The highest BCUT2D eigenvalue weighted by Gasteiger charge is 2.26. The number of rotatable bonds is 8. The van der Waals surface area contributed by atoms with Crippen LogP contribution >= 0.6 is 67.8 Å². The van der Waals surface area contributed by atoms with Gasteiger partial charge in [-0.05, 0) is 37.0 Å². The number of aromatic nitrogens is 4. The third-order valence-corrected chi connectivity index (χ3v) is 7.24. The lowest BCUT2D eigenvalue weighted by Crippen LogP contribution is -2.33. The molecule has 0 aromatic carbocycles. The van der Waals surface area contributed by atoms with Crippen molar-refractivity contribution in [2.24, 2.45) is 13.0 Å². The fourth-order valence-electron chi connectivity index (χ4n) is 4.47. The molecule has 6 nitrogen and oxygen atoms in total. The van der Waals surface area contributed by atoms with E-state index in [1.807, 2.05) is 37.7 Å². The molecule has 1 fully saturated rings. The maximum Gasteiger partial charge on any atom is 0.159 e. The molecule has 4 heterocycles. The minimum absolute atomic E-state index is 0.00255. The molecule has 180 valence electrons. The summed E-state index contributed by atoms with van der Waals surface area (Å²) in [4.78, 5) is 19.1. The van der Waals surface area contributed by atoms with Crippen LogP contribution in [0.3, 0.4) is 0 Å². The fraction of sp³-hybridized carbons (Fsp3) is 0.400. The number of likely N-dealkylation sites (tertiary alicyclic amines) is 1. The van der Waals surface area contributed by atoms with E-state index in [1.54, 1.807) is 0 Å². The van der Waals surface area contributed by atoms with Gasteiger partial charge in [0, 0.05) is 49.4 Å². The van der Waals surface area contributed by atoms with Crippen molar-refractivity contribution in [2.45, 2.75) is 25.7 Å². The Hall–Kier alpha value is -0.960. The monoisotopic (exact) mass is 794 g/mol. The van der Waals surface area contributed by atoms with E-state index in [4.69, 9.17) is 9.97 Å². The zero-order valence-electron chi connectivity index (χ0n) is 19.5. The summed E-state index contributed by atoms with van der Waals surface area (Å²) in [6.45, 7) is 14.2. The molecule has 1 aliphatic heterocycles. The molecule has 0 aliphatic carbocycles. The molecule has 1 saturated heterocycles. The van der Waals surface area contributed by atoms with E-state index < -0.39 is 0 Å². The summed E-state index contributed by atoms with van der Waals surface area (Å²) < 4.78 is 2.09. The summed E-state index contributed by atoms with van der Waals surface area (Å²) >= 11 is 7.40. The van der Waals surface area contributed by atoms with Gasteiger partial charge in [-0.25, -0.2) is 15.0 Å². The van der Waals surface area contributed by atoms with E-state index >= 15 is 0 Å². The summed E-state index contributed by atoms with van der Waals surface area (Å²) in [5, 5.41) is 0. The van der Waals surface area contributed by atoms with E-state index in [0.29, 0.717) is 12.5 Å². The smallest absolute Gasteiger partial charge is 0.159 e. The molecule has 0 bridgehead atoms. The number of fused-ring (bicyclic) bond motifs is 1. The van der Waals surface area contributed by atoms with Crippen LogP contribution in [0.1, 0.15) is 36.7 Å². The van der Waals surface area contributed by atoms with Crippen molar-refractivity contribution < 1.29 is 0 Å². The molecule has 3 aromatic rings. The highest BCUT2D eigenvalue weighted by molar-refractivity contribution is 14.3. The van der Waals surface area contributed by atoms with Crippen LogP contribution in [0.25, 0.3) is 22.9 Å². The highest BCUT2D eigenvalue weighted by Crippen LogP contribution is 2.38. The van der Waals surface area contributed by atoms with Gasteiger partial charge in [0.25, 0.3) is 0 Å². The Labute approximate surface area is 242 Å². The summed E-state index contributed by atoms with van der Waals surface area (Å²) in [5.74, 6) is 2.56. The lowest BCUT2D eigenvalue weighted by Gasteiger charge is -2.34. The summed E-state index contributed by atoms with van der Waals surface area (Å²) in [5.41, 5.74) is 4.89. The largest absolute Gasteiger partial charge is 0.371 e. The predicted molar refractivity (Wildman–Crippen MR) is 168 cm³/mol. The van der Waals surface area contributed by atoms with Gasteiger partial charge in [0.05, 0.1) is 13.1 Å². The highest BCUT2D eigenvalue weighted by atomic mass is 127. The first-order chi connectivity index (χ1) is 16.2. The Balaban J connectivity index is 1.65. The van der Waals surface area contributed by atoms with Crippen LogP contribution in [0.2, 0.25) is 0 Å². The topological polar surface area (TPSA) is 50.1 Å². The standard InChI is InChI=1S/C25H29I3N6/c1-5-19-9-6-10-29-23(19)34(16-25(26,27)28)15-22-31-21-12-20(13-30-24(21)32(22)4)18(3)33-11-7-8-17(2)14-33/h5-6,9-10,12-13,17H,1,3,7-8,11,14-16H2,2,4H3/t17-/m1/s1. The summed E-state index contributed by atoms with van der Waals surface area (Å²) in [6, 6.07) is 6.13. The third-order valence-electron chi connectivity index (χ3n) is 6.21. The third kappa shape index (κ3) is 6.05. The van der Waals surface area contributed by atoms with E-state index in [2.05, 4.69) is 113 Å². The number of hydrogen-bond acceptors (Lipinski definition) is 5. The number of nitrogens with zero attached hydrogens (tertiary/aromatic N) is 6. The molecule has 0 N–H and O–H groups in total. The van der Waals surface area contributed by atoms with Crippen molar-refractivity contribution in [1.29, 1.82) is 0 Å². The van der Waals surface area contributed by atoms with Crippen LogP contribution in [0, 0.1) is 5.92 Å². The fourth-order valence-corrected chi connectivity index (χ4v) is 5.70. The maximum absolute atomic E-state index is 5.00. The van der Waals surface area contributed by atoms with E-state index in [9.17, 15) is 0 Å². The van der Waals surface area contributed by atoms with Gasteiger partial charge >= 0.3 is 0 Å². The van der Waals surface area contributed by atoms with Gasteiger partial charge in [-0.15, -0.1) is 0 Å². The van der Waals surface area contributed by atoms with Crippen molar-refractivity contribution >= 4 is 96.5 Å². The SMILES string of the molecule is C=Cc1cccnc1N(Cc1nc2cc(C(=C)N3CCC[C@@H](C)C3)cnc2n1C)CC(I)(I)I. The Bertz CT molecular complexity index is 1200. The first kappa shape index (κ1) is 26.1. The maximum atomic E-state index is 5.00. The molecular weight excluding hydrogens is 765 g/mol. The number of halogens is 3. The predicted octanol–water partition coefficient (Wildman–Crippen LogP) is 6.67. The van der Waals surface area contributed by atoms with Crippen LogP contribution in [0.15, 0.2) is 43.8 Å². The molecule has 1 atom stereocenters. The molecule has 34 heavy (non-hydrogen) atoms. The Morgan fingerprint density at radius 3 is 2.82 bits per heavy atom. The van der Waals surface area contributed by atoms with Crippen molar-refractivity contribution in [1.82, 2.24) is 24.4 Å². The van der Waals surface area contributed by atoms with E-state index in [-0.39, 0.29) is -0.565 Å². The van der Waals surface area contributed by atoms with Crippen LogP contribution in [0.5, 0.6) is 0 Å². The summed E-state index contributed by atoms with van der Waals surface area (Å²) in [7, 11) is 2.04. The second-order valence-corrected chi connectivity index (χ2v) is 20.6. The summed E-state index contributed by atoms with van der Waals surface area (Å²) in [6.07, 6.45) is 8.14. The average molecular weight is 794 g/mol. The lowest BCUT2D eigenvalue weighted by molar-refractivity contribution is 0.261. The molecule has 0 spiro atoms. The molecule has 0 amide bonds. The van der Waals surface area contributed by atoms with Gasteiger partial charge in [0.1, 0.15) is 16.6 Å². The number of anilines is 1. The van der Waals surface area contributed by atoms with E-state index in [0.717, 1.165) is 59.3 Å². The molecule has 1 aliphatic rings. The second kappa shape index (κ2) is 11.0. The van der Waals surface area contributed by atoms with Crippen molar-refractivity contribution in [3.8, 4) is 0 Å². The van der Waals surface area contributed by atoms with Gasteiger partial charge in [-0.3, -0.25) is 0 Å². The number of aryl methyl sites for hydroxylation is 1. The average Bonchev–Trinajstić information content (AvgIpc) is 3.11. The zero-order chi connectivity index (χ0) is 24.5. The van der Waals surface area contributed by atoms with Gasteiger partial charge < -0.3 is 14.4 Å². The van der Waals surface area contributed by atoms with Crippen molar-refractivity contribution in [3.63, 3.8) is 0 Å². The zero-order valence-corrected chi connectivity index (χ0v) is 26.0. The number of alkyl halides is 3. The quantitative estimate of drug-likeness (QED) is 0.189. The van der Waals surface area contributed by atoms with Crippen LogP contribution in [0.4, 0.5) is 5.82 Å². The van der Waals surface area contributed by atoms with Crippen molar-refractivity contribution in [3.05, 3.63) is 60.7 Å². The first-order valence-corrected chi connectivity index (χ1v) is 14.5. The lowest BCUT2D eigenvalue weighted by atomic mass is 9.99. The van der Waals surface area contributed by atoms with Gasteiger partial charge in [0.2, 0.25) is 0 Å². The van der Waals surface area contributed by atoms with Crippen molar-refractivity contribution in [2.75, 3.05) is 24.5 Å². The minimum atomic E-state index is 0.00255. The van der Waals surface area contributed by atoms with E-state index in [1.165, 1.54) is 12.8 Å². The molecular formula is C25H29I3N6. The number of pyridine rings is 2. The van der Waals surface area contributed by atoms with Gasteiger partial charge in [-0.2, -0.15) is 0 Å². The molecule has 0 radical (unpaired) electrons. The number of hydrogen-bond donors (Lipinski definition) is 0. The Morgan fingerprint density at radius 1 is 1.32 bits per heavy atom. The Kier molecular flexibility index (Phi) is 8.43. The molecule has 0 saturated carbocycles. The van der Waals surface area contributed by atoms with Gasteiger partial charge in [0.15, 0.2) is 5.65 Å². The van der Waals surface area contributed by atoms with Crippen LogP contribution in [-0.4, -0.2) is 43.5 Å². The van der Waals surface area contributed by atoms with Crippen LogP contribution in [-0.2, 0) is 13.6 Å².